The lowest BCUT2D eigenvalue weighted by atomic mass is 10.1. The normalized spacial score (nSPS) is 11.0. The molecule has 0 atom stereocenters. The lowest BCUT2D eigenvalue weighted by Gasteiger charge is -2.10. The summed E-state index contributed by atoms with van der Waals surface area (Å²) < 4.78 is 7.11. The van der Waals surface area contributed by atoms with Crippen LogP contribution in [0.3, 0.4) is 0 Å². The van der Waals surface area contributed by atoms with Gasteiger partial charge < -0.3 is 4.74 Å². The first-order chi connectivity index (χ1) is 15.6. The molecule has 1 aromatic heterocycles. The number of carbonyl (C=O) groups is 1. The second-order valence-electron chi connectivity index (χ2n) is 7.42. The van der Waals surface area contributed by atoms with Gasteiger partial charge in [-0.25, -0.2) is 10.1 Å². The number of nitrogens with one attached hydrogen (secondary N) is 1. The Kier molecular flexibility index (Phi) is 6.12. The maximum absolute atomic E-state index is 12.8. The van der Waals surface area contributed by atoms with Crippen LogP contribution in [0.5, 0.6) is 5.75 Å². The summed E-state index contributed by atoms with van der Waals surface area (Å²) in [6.45, 7) is 4.06. The van der Waals surface area contributed by atoms with E-state index >= 15 is 0 Å². The summed E-state index contributed by atoms with van der Waals surface area (Å²) >= 11 is 0. The van der Waals surface area contributed by atoms with E-state index in [2.05, 4.69) is 15.6 Å². The zero-order chi connectivity index (χ0) is 22.5. The third-order valence-electron chi connectivity index (χ3n) is 5.14. The second-order valence-corrected chi connectivity index (χ2v) is 7.42. The van der Waals surface area contributed by atoms with E-state index in [9.17, 15) is 4.79 Å². The van der Waals surface area contributed by atoms with Crippen molar-refractivity contribution in [2.24, 2.45) is 5.10 Å². The Morgan fingerprint density at radius 3 is 2.47 bits per heavy atom. The molecule has 1 N–H and O–H groups in total. The van der Waals surface area contributed by atoms with Gasteiger partial charge in [0.25, 0.3) is 5.91 Å². The number of benzene rings is 3. The Labute approximate surface area is 187 Å². The average Bonchev–Trinajstić information content (AvgIpc) is 3.25. The Bertz CT molecular complexity index is 1270. The van der Waals surface area contributed by atoms with E-state index in [-0.39, 0.29) is 5.69 Å². The summed E-state index contributed by atoms with van der Waals surface area (Å²) in [6, 6.07) is 25.3. The van der Waals surface area contributed by atoms with Gasteiger partial charge in [0.05, 0.1) is 24.7 Å². The van der Waals surface area contributed by atoms with E-state index in [4.69, 9.17) is 4.74 Å². The first-order valence-corrected chi connectivity index (χ1v) is 10.3. The Morgan fingerprint density at radius 1 is 1.00 bits per heavy atom. The number of ether oxygens (including phenoxy) is 1. The first-order valence-electron chi connectivity index (χ1n) is 10.3. The van der Waals surface area contributed by atoms with Crippen LogP contribution >= 0.6 is 0 Å². The number of methoxy groups -OCH3 is 1. The van der Waals surface area contributed by atoms with Crippen LogP contribution in [0.15, 0.2) is 84.0 Å². The molecule has 0 aliphatic rings. The van der Waals surface area contributed by atoms with E-state index in [1.165, 1.54) is 5.56 Å². The molecule has 6 heteroatoms. The molecule has 4 aromatic rings. The predicted molar refractivity (Wildman–Crippen MR) is 127 cm³/mol. The van der Waals surface area contributed by atoms with Crippen molar-refractivity contribution in [3.63, 3.8) is 0 Å². The molecule has 0 aliphatic carbocycles. The molecule has 3 aromatic carbocycles. The molecule has 0 bridgehead atoms. The van der Waals surface area contributed by atoms with Crippen LogP contribution < -0.4 is 10.2 Å². The SMILES string of the molecule is COc1ccccc1/C=N\NC(=O)c1cc(-c2ccc(C)cc2)n(-c2ccccc2C)n1. The van der Waals surface area contributed by atoms with Crippen molar-refractivity contribution in [1.82, 2.24) is 15.2 Å². The molecule has 0 fully saturated rings. The highest BCUT2D eigenvalue weighted by Gasteiger charge is 2.17. The monoisotopic (exact) mass is 424 g/mol. The zero-order valence-electron chi connectivity index (χ0n) is 18.2. The molecule has 0 spiro atoms. The highest BCUT2D eigenvalue weighted by atomic mass is 16.5. The third kappa shape index (κ3) is 4.44. The van der Waals surface area contributed by atoms with Gasteiger partial charge in [-0.05, 0) is 43.7 Å². The number of nitrogens with zero attached hydrogens (tertiary/aromatic N) is 3. The molecule has 1 heterocycles. The molecule has 6 nitrogen and oxygen atoms in total. The van der Waals surface area contributed by atoms with Crippen molar-refractivity contribution >= 4 is 12.1 Å². The summed E-state index contributed by atoms with van der Waals surface area (Å²) in [4.78, 5) is 12.8. The van der Waals surface area contributed by atoms with Gasteiger partial charge in [0.1, 0.15) is 5.75 Å². The van der Waals surface area contributed by atoms with Crippen LogP contribution in [-0.4, -0.2) is 29.0 Å². The van der Waals surface area contributed by atoms with Crippen molar-refractivity contribution in [3.8, 4) is 22.7 Å². The maximum Gasteiger partial charge on any atom is 0.291 e. The highest BCUT2D eigenvalue weighted by molar-refractivity contribution is 5.94. The first kappa shape index (κ1) is 21.1. The molecular weight excluding hydrogens is 400 g/mol. The van der Waals surface area contributed by atoms with Crippen LogP contribution in [-0.2, 0) is 0 Å². The quantitative estimate of drug-likeness (QED) is 0.353. The number of hydrogen-bond acceptors (Lipinski definition) is 4. The van der Waals surface area contributed by atoms with Crippen molar-refractivity contribution < 1.29 is 9.53 Å². The smallest absolute Gasteiger partial charge is 0.291 e. The standard InChI is InChI=1S/C26H24N4O2/c1-18-12-14-20(15-13-18)24-16-22(29-30(24)23-10-6-4-8-19(23)2)26(31)28-27-17-21-9-5-7-11-25(21)32-3/h4-17H,1-3H3,(H,28,31)/b27-17-. The maximum atomic E-state index is 12.8. The number of carbonyl (C=O) groups excluding carboxylic acids is 1. The summed E-state index contributed by atoms with van der Waals surface area (Å²) in [5.41, 5.74) is 8.56. The lowest BCUT2D eigenvalue weighted by molar-refractivity contribution is 0.0949. The van der Waals surface area contributed by atoms with Gasteiger partial charge in [-0.15, -0.1) is 0 Å². The second kappa shape index (κ2) is 9.31. The van der Waals surface area contributed by atoms with Crippen molar-refractivity contribution in [2.75, 3.05) is 7.11 Å². The van der Waals surface area contributed by atoms with Crippen molar-refractivity contribution in [1.29, 1.82) is 0 Å². The van der Waals surface area contributed by atoms with Crippen LogP contribution in [0.2, 0.25) is 0 Å². The van der Waals surface area contributed by atoms with Crippen LogP contribution in [0.25, 0.3) is 16.9 Å². The fourth-order valence-electron chi connectivity index (χ4n) is 3.40. The van der Waals surface area contributed by atoms with E-state index in [1.54, 1.807) is 24.1 Å². The number of aryl methyl sites for hydroxylation is 2. The molecule has 1 amide bonds. The van der Waals surface area contributed by atoms with Gasteiger partial charge in [0, 0.05) is 11.1 Å². The van der Waals surface area contributed by atoms with E-state index in [0.717, 1.165) is 28.1 Å². The predicted octanol–water partition coefficient (Wildman–Crippen LogP) is 4.93. The zero-order valence-corrected chi connectivity index (χ0v) is 18.2. The van der Waals surface area contributed by atoms with Crippen molar-refractivity contribution in [2.45, 2.75) is 13.8 Å². The van der Waals surface area contributed by atoms with Gasteiger partial charge in [-0.3, -0.25) is 4.79 Å². The summed E-state index contributed by atoms with van der Waals surface area (Å²) in [5, 5.41) is 8.69. The molecule has 160 valence electrons. The summed E-state index contributed by atoms with van der Waals surface area (Å²) in [7, 11) is 1.59. The molecule has 0 saturated carbocycles. The number of rotatable bonds is 6. The summed E-state index contributed by atoms with van der Waals surface area (Å²) in [6.07, 6.45) is 1.55. The molecule has 32 heavy (non-hydrogen) atoms. The molecular formula is C26H24N4O2. The van der Waals surface area contributed by atoms with Crippen LogP contribution in [0.1, 0.15) is 27.2 Å². The van der Waals surface area contributed by atoms with Crippen LogP contribution in [0.4, 0.5) is 0 Å². The topological polar surface area (TPSA) is 68.5 Å². The largest absolute Gasteiger partial charge is 0.496 e. The number of hydrazone groups is 1. The minimum absolute atomic E-state index is 0.279. The lowest BCUT2D eigenvalue weighted by Crippen LogP contribution is -2.18. The fraction of sp³-hybridized carbons (Fsp3) is 0.115. The molecule has 4 rings (SSSR count). The van der Waals surface area contributed by atoms with Gasteiger partial charge in [0.2, 0.25) is 0 Å². The number of para-hydroxylation sites is 2. The number of hydrogen-bond donors (Lipinski definition) is 1. The summed E-state index contributed by atoms with van der Waals surface area (Å²) in [5.74, 6) is 0.285. The minimum atomic E-state index is -0.392. The molecule has 0 saturated heterocycles. The Balaban J connectivity index is 1.66. The van der Waals surface area contributed by atoms with Gasteiger partial charge in [-0.1, -0.05) is 60.2 Å². The van der Waals surface area contributed by atoms with Crippen LogP contribution in [0, 0.1) is 13.8 Å². The van der Waals surface area contributed by atoms with Gasteiger partial charge in [-0.2, -0.15) is 10.2 Å². The number of amides is 1. The van der Waals surface area contributed by atoms with Crippen molar-refractivity contribution in [3.05, 3.63) is 101 Å². The fourth-order valence-corrected chi connectivity index (χ4v) is 3.40. The molecule has 0 radical (unpaired) electrons. The Morgan fingerprint density at radius 2 is 1.72 bits per heavy atom. The van der Waals surface area contributed by atoms with Gasteiger partial charge >= 0.3 is 0 Å². The highest BCUT2D eigenvalue weighted by Crippen LogP contribution is 2.26. The third-order valence-corrected chi connectivity index (χ3v) is 5.14. The van der Waals surface area contributed by atoms with Gasteiger partial charge in [0.15, 0.2) is 5.69 Å². The molecule has 0 aliphatic heterocycles. The number of aromatic nitrogens is 2. The van der Waals surface area contributed by atoms with E-state index in [1.807, 2.05) is 86.6 Å². The average molecular weight is 425 g/mol. The molecule has 0 unspecified atom stereocenters. The minimum Gasteiger partial charge on any atom is -0.496 e. The van der Waals surface area contributed by atoms with E-state index < -0.39 is 5.91 Å². The Hall–Kier alpha value is -4.19. The van der Waals surface area contributed by atoms with E-state index in [0.29, 0.717) is 5.75 Å².